The highest BCUT2D eigenvalue weighted by molar-refractivity contribution is 5.21. The zero-order valence-corrected chi connectivity index (χ0v) is 17.5. The molecule has 3 aliphatic rings. The van der Waals surface area contributed by atoms with Crippen LogP contribution in [0.15, 0.2) is 23.8 Å². The SMILES string of the molecule is CN(C)CCCCCC1=C[C@H]2C[C@@H](O)[C@H](C=C[C@H](O)C3CCCCC3)[C@H]2C1. The Hall–Kier alpha value is -0.640. The van der Waals surface area contributed by atoms with Gasteiger partial charge in [0.1, 0.15) is 0 Å². The predicted octanol–water partition coefficient (Wildman–Crippen LogP) is 4.55. The molecule has 0 amide bonds. The summed E-state index contributed by atoms with van der Waals surface area (Å²) in [5.74, 6) is 1.78. The molecular weight excluding hydrogens is 334 g/mol. The largest absolute Gasteiger partial charge is 0.392 e. The Bertz CT molecular complexity index is 507. The minimum Gasteiger partial charge on any atom is -0.392 e. The van der Waals surface area contributed by atoms with Gasteiger partial charge in [0.2, 0.25) is 0 Å². The Labute approximate surface area is 166 Å². The standard InChI is InChI=1S/C24H41NO2/c1-25(2)14-8-4-5-9-18-15-20-17-24(27)21(22(20)16-18)12-13-23(26)19-10-6-3-7-11-19/h12-13,15,19-24,26-27H,3-11,14,16-17H2,1-2H3/t20-,21+,22-,23-,24+/m0/s1. The van der Waals surface area contributed by atoms with Crippen LogP contribution in [0.3, 0.4) is 0 Å². The number of aliphatic hydroxyl groups is 2. The second-order valence-electron chi connectivity index (χ2n) is 9.62. The van der Waals surface area contributed by atoms with Crippen molar-refractivity contribution in [3.05, 3.63) is 23.8 Å². The van der Waals surface area contributed by atoms with Crippen LogP contribution in [0.4, 0.5) is 0 Å². The van der Waals surface area contributed by atoms with Gasteiger partial charge in [0, 0.05) is 5.92 Å². The van der Waals surface area contributed by atoms with E-state index >= 15 is 0 Å². The quantitative estimate of drug-likeness (QED) is 0.459. The Kier molecular flexibility index (Phi) is 7.98. The van der Waals surface area contributed by atoms with Gasteiger partial charge in [-0.25, -0.2) is 0 Å². The van der Waals surface area contributed by atoms with Crippen molar-refractivity contribution >= 4 is 0 Å². The van der Waals surface area contributed by atoms with Crippen molar-refractivity contribution in [2.75, 3.05) is 20.6 Å². The number of aliphatic hydroxyl groups excluding tert-OH is 2. The summed E-state index contributed by atoms with van der Waals surface area (Å²) >= 11 is 0. The summed E-state index contributed by atoms with van der Waals surface area (Å²) in [6.07, 6.45) is 19.5. The summed E-state index contributed by atoms with van der Waals surface area (Å²) in [6.45, 7) is 1.19. The fourth-order valence-corrected chi connectivity index (χ4v) is 5.62. The Morgan fingerprint density at radius 2 is 1.93 bits per heavy atom. The van der Waals surface area contributed by atoms with E-state index < -0.39 is 0 Å². The van der Waals surface area contributed by atoms with E-state index in [0.29, 0.717) is 17.8 Å². The third-order valence-corrected chi connectivity index (χ3v) is 7.22. The molecule has 0 aromatic carbocycles. The van der Waals surface area contributed by atoms with Crippen molar-refractivity contribution in [3.8, 4) is 0 Å². The van der Waals surface area contributed by atoms with Gasteiger partial charge in [-0.2, -0.15) is 0 Å². The van der Waals surface area contributed by atoms with Crippen LogP contribution in [-0.2, 0) is 0 Å². The lowest BCUT2D eigenvalue weighted by Crippen LogP contribution is -2.22. The molecule has 2 N–H and O–H groups in total. The summed E-state index contributed by atoms with van der Waals surface area (Å²) < 4.78 is 0. The normalized spacial score (nSPS) is 33.0. The maximum Gasteiger partial charge on any atom is 0.0749 e. The molecule has 0 saturated heterocycles. The molecule has 0 spiro atoms. The summed E-state index contributed by atoms with van der Waals surface area (Å²) in [5.41, 5.74) is 1.62. The number of unbranched alkanes of at least 4 members (excludes halogenated alkanes) is 2. The van der Waals surface area contributed by atoms with E-state index in [9.17, 15) is 10.2 Å². The average Bonchev–Trinajstić information content (AvgIpc) is 3.16. The van der Waals surface area contributed by atoms with E-state index in [1.807, 2.05) is 6.08 Å². The monoisotopic (exact) mass is 375 g/mol. The van der Waals surface area contributed by atoms with Crippen LogP contribution in [0.1, 0.15) is 70.6 Å². The predicted molar refractivity (Wildman–Crippen MR) is 113 cm³/mol. The van der Waals surface area contributed by atoms with E-state index in [0.717, 1.165) is 25.7 Å². The maximum atomic E-state index is 10.5. The van der Waals surface area contributed by atoms with Crippen LogP contribution in [0, 0.1) is 23.7 Å². The smallest absolute Gasteiger partial charge is 0.0749 e. The molecule has 0 aromatic heterocycles. The number of nitrogens with zero attached hydrogens (tertiary/aromatic N) is 1. The van der Waals surface area contributed by atoms with Crippen molar-refractivity contribution in [1.82, 2.24) is 4.90 Å². The van der Waals surface area contributed by atoms with Gasteiger partial charge in [-0.05, 0) is 83.3 Å². The molecule has 3 rings (SSSR count). The first-order valence-corrected chi connectivity index (χ1v) is 11.4. The number of rotatable bonds is 9. The van der Waals surface area contributed by atoms with Crippen LogP contribution in [0.5, 0.6) is 0 Å². The molecule has 3 nitrogen and oxygen atoms in total. The molecule has 5 atom stereocenters. The van der Waals surface area contributed by atoms with Gasteiger partial charge in [-0.1, -0.05) is 49.5 Å². The minimum absolute atomic E-state index is 0.229. The molecule has 154 valence electrons. The number of hydrogen-bond acceptors (Lipinski definition) is 3. The fraction of sp³-hybridized carbons (Fsp3) is 0.833. The molecule has 2 saturated carbocycles. The molecule has 0 unspecified atom stereocenters. The van der Waals surface area contributed by atoms with Gasteiger partial charge in [-0.3, -0.25) is 0 Å². The highest BCUT2D eigenvalue weighted by Crippen LogP contribution is 2.48. The third kappa shape index (κ3) is 5.92. The molecule has 0 heterocycles. The van der Waals surface area contributed by atoms with Crippen molar-refractivity contribution in [1.29, 1.82) is 0 Å². The maximum absolute atomic E-state index is 10.5. The van der Waals surface area contributed by atoms with E-state index in [1.54, 1.807) is 5.57 Å². The summed E-state index contributed by atoms with van der Waals surface area (Å²) in [4.78, 5) is 2.26. The highest BCUT2D eigenvalue weighted by atomic mass is 16.3. The zero-order chi connectivity index (χ0) is 19.2. The van der Waals surface area contributed by atoms with Crippen LogP contribution >= 0.6 is 0 Å². The fourth-order valence-electron chi connectivity index (χ4n) is 5.62. The van der Waals surface area contributed by atoms with Gasteiger partial charge >= 0.3 is 0 Å². The minimum atomic E-state index is -0.318. The van der Waals surface area contributed by atoms with E-state index in [-0.39, 0.29) is 18.1 Å². The van der Waals surface area contributed by atoms with Crippen LogP contribution in [0.25, 0.3) is 0 Å². The molecule has 3 heteroatoms. The van der Waals surface area contributed by atoms with Gasteiger partial charge in [0.05, 0.1) is 12.2 Å². The first-order valence-electron chi connectivity index (χ1n) is 11.4. The molecular formula is C24H41NO2. The van der Waals surface area contributed by atoms with Crippen LogP contribution < -0.4 is 0 Å². The first kappa shape index (κ1) is 21.1. The summed E-state index contributed by atoms with van der Waals surface area (Å²) in [7, 11) is 4.29. The van der Waals surface area contributed by atoms with E-state index in [2.05, 4.69) is 31.1 Å². The molecule has 3 aliphatic carbocycles. The molecule has 0 aliphatic heterocycles. The van der Waals surface area contributed by atoms with Crippen molar-refractivity contribution in [2.24, 2.45) is 23.7 Å². The first-order chi connectivity index (χ1) is 13.0. The lowest BCUT2D eigenvalue weighted by molar-refractivity contribution is 0.120. The van der Waals surface area contributed by atoms with E-state index in [1.165, 1.54) is 51.5 Å². The van der Waals surface area contributed by atoms with Crippen LogP contribution in [0.2, 0.25) is 0 Å². The molecule has 0 aromatic rings. The number of hydrogen-bond donors (Lipinski definition) is 2. The number of fused-ring (bicyclic) bond motifs is 1. The Morgan fingerprint density at radius 1 is 1.15 bits per heavy atom. The molecule has 0 radical (unpaired) electrons. The lowest BCUT2D eigenvalue weighted by Gasteiger charge is -2.25. The second-order valence-corrected chi connectivity index (χ2v) is 9.62. The van der Waals surface area contributed by atoms with Crippen molar-refractivity contribution < 1.29 is 10.2 Å². The molecule has 0 bridgehead atoms. The van der Waals surface area contributed by atoms with Gasteiger partial charge in [0.15, 0.2) is 0 Å². The van der Waals surface area contributed by atoms with Crippen molar-refractivity contribution in [3.63, 3.8) is 0 Å². The average molecular weight is 376 g/mol. The lowest BCUT2D eigenvalue weighted by atomic mass is 9.83. The van der Waals surface area contributed by atoms with Gasteiger partial charge in [-0.15, -0.1) is 0 Å². The highest BCUT2D eigenvalue weighted by Gasteiger charge is 2.43. The van der Waals surface area contributed by atoms with Gasteiger partial charge < -0.3 is 15.1 Å². The van der Waals surface area contributed by atoms with Crippen molar-refractivity contribution in [2.45, 2.75) is 82.8 Å². The second kappa shape index (κ2) is 10.2. The third-order valence-electron chi connectivity index (χ3n) is 7.22. The number of allylic oxidation sites excluding steroid dienone is 2. The van der Waals surface area contributed by atoms with Gasteiger partial charge in [0.25, 0.3) is 0 Å². The summed E-state index contributed by atoms with van der Waals surface area (Å²) in [5, 5.41) is 21.1. The Morgan fingerprint density at radius 3 is 2.67 bits per heavy atom. The van der Waals surface area contributed by atoms with E-state index in [4.69, 9.17) is 0 Å². The molecule has 27 heavy (non-hydrogen) atoms. The zero-order valence-electron chi connectivity index (χ0n) is 17.5. The molecule has 2 fully saturated rings. The van der Waals surface area contributed by atoms with Crippen LogP contribution in [-0.4, -0.2) is 48.0 Å². The Balaban J connectivity index is 1.45. The summed E-state index contributed by atoms with van der Waals surface area (Å²) in [6, 6.07) is 0. The topological polar surface area (TPSA) is 43.7 Å².